The third kappa shape index (κ3) is 7.39. The Hall–Kier alpha value is -5.43. The number of nitrogens with zero attached hydrogens (tertiary/aromatic N) is 5. The van der Waals surface area contributed by atoms with Crippen LogP contribution in [-0.2, 0) is 35.5 Å². The predicted molar refractivity (Wildman–Crippen MR) is 176 cm³/mol. The molecule has 224 valence electrons. The average molecular weight is 594 g/mol. The van der Waals surface area contributed by atoms with Crippen molar-refractivity contribution in [3.8, 4) is 11.4 Å². The van der Waals surface area contributed by atoms with Gasteiger partial charge in [-0.3, -0.25) is 14.6 Å². The second kappa shape index (κ2) is 13.9. The molecule has 0 fully saturated rings. The molecule has 2 aromatic heterocycles. The molecule has 0 saturated carbocycles. The lowest BCUT2D eigenvalue weighted by Crippen LogP contribution is -2.52. The van der Waals surface area contributed by atoms with E-state index in [4.69, 9.17) is 0 Å². The number of aryl methyl sites for hydroxylation is 1. The molecule has 0 aliphatic carbocycles. The van der Waals surface area contributed by atoms with Gasteiger partial charge in [0.25, 0.3) is 0 Å². The number of hydrogen-bond donors (Lipinski definition) is 0. The zero-order valence-electron chi connectivity index (χ0n) is 25.3. The molecule has 1 atom stereocenters. The number of benzene rings is 3. The molecule has 5 aromatic rings. The molecule has 0 N–H and O–H groups in total. The van der Waals surface area contributed by atoms with Gasteiger partial charge in [-0.05, 0) is 59.4 Å². The monoisotopic (exact) mass is 593 g/mol. The highest BCUT2D eigenvalue weighted by molar-refractivity contribution is 5.95. The van der Waals surface area contributed by atoms with Gasteiger partial charge in [-0.1, -0.05) is 84.9 Å². The van der Waals surface area contributed by atoms with E-state index < -0.39 is 6.04 Å². The molecule has 1 unspecified atom stereocenters. The van der Waals surface area contributed by atoms with Crippen molar-refractivity contribution in [1.82, 2.24) is 24.8 Å². The van der Waals surface area contributed by atoms with E-state index in [1.807, 2.05) is 90.7 Å². The van der Waals surface area contributed by atoms with Gasteiger partial charge in [0.05, 0.1) is 0 Å². The fourth-order valence-electron chi connectivity index (χ4n) is 5.65. The lowest BCUT2D eigenvalue weighted by molar-refractivity contribution is -0.144. The van der Waals surface area contributed by atoms with Gasteiger partial charge in [-0.25, -0.2) is 9.97 Å². The van der Waals surface area contributed by atoms with E-state index in [0.717, 1.165) is 39.9 Å². The zero-order valence-corrected chi connectivity index (χ0v) is 25.3. The van der Waals surface area contributed by atoms with Gasteiger partial charge in [0.15, 0.2) is 5.82 Å². The number of hydrogen-bond acceptors (Lipinski definition) is 5. The fourth-order valence-corrected chi connectivity index (χ4v) is 5.65. The summed E-state index contributed by atoms with van der Waals surface area (Å²) >= 11 is 0. The summed E-state index contributed by atoms with van der Waals surface area (Å²) in [7, 11) is 0. The number of carbonyl (C=O) groups excluding carboxylic acids is 2. The second-order valence-electron chi connectivity index (χ2n) is 11.3. The first-order valence-electron chi connectivity index (χ1n) is 15.2. The van der Waals surface area contributed by atoms with Gasteiger partial charge in [-0.15, -0.1) is 0 Å². The summed E-state index contributed by atoms with van der Waals surface area (Å²) in [5.41, 5.74) is 6.93. The first kappa shape index (κ1) is 29.6. The maximum atomic E-state index is 14.5. The summed E-state index contributed by atoms with van der Waals surface area (Å²) in [6.45, 7) is 3.33. The van der Waals surface area contributed by atoms with Crippen LogP contribution < -0.4 is 0 Å². The maximum absolute atomic E-state index is 14.5. The van der Waals surface area contributed by atoms with Crippen molar-refractivity contribution in [2.24, 2.45) is 0 Å². The standard InChI is InChI=1S/C38H35N5O2/c1-28-12-13-30(25-41-28)16-19-36(44)43(26-31-14-17-33(18-15-31)37-39-21-7-22-40-37)35(24-29-8-3-2-4-9-29)38(45)42-23-20-32-10-5-6-11-34(32)27-42/h2-19,21-22,25,35H,20,23-24,26-27H2,1H3. The van der Waals surface area contributed by atoms with Gasteiger partial charge in [0.2, 0.25) is 11.8 Å². The molecule has 1 aliphatic rings. The number of rotatable bonds is 9. The molecular weight excluding hydrogens is 558 g/mol. The maximum Gasteiger partial charge on any atom is 0.247 e. The molecule has 7 nitrogen and oxygen atoms in total. The average Bonchev–Trinajstić information content (AvgIpc) is 3.10. The fraction of sp³-hybridized carbons (Fsp3) is 0.184. The summed E-state index contributed by atoms with van der Waals surface area (Å²) in [6, 6.07) is 31.0. The summed E-state index contributed by atoms with van der Waals surface area (Å²) in [5, 5.41) is 0. The van der Waals surface area contributed by atoms with Crippen molar-refractivity contribution in [2.45, 2.75) is 38.9 Å². The summed E-state index contributed by atoms with van der Waals surface area (Å²) in [4.78, 5) is 45.3. The molecule has 2 amide bonds. The van der Waals surface area contributed by atoms with Gasteiger partial charge in [0, 0.05) is 62.0 Å². The molecule has 0 radical (unpaired) electrons. The molecule has 7 heteroatoms. The van der Waals surface area contributed by atoms with E-state index >= 15 is 0 Å². The van der Waals surface area contributed by atoms with Crippen molar-refractivity contribution in [1.29, 1.82) is 0 Å². The van der Waals surface area contributed by atoms with Crippen LogP contribution in [0.2, 0.25) is 0 Å². The highest BCUT2D eigenvalue weighted by Crippen LogP contribution is 2.24. The Bertz CT molecular complexity index is 1770. The number of amides is 2. The van der Waals surface area contributed by atoms with Crippen molar-refractivity contribution < 1.29 is 9.59 Å². The van der Waals surface area contributed by atoms with Crippen LogP contribution in [0.25, 0.3) is 17.5 Å². The Balaban J connectivity index is 1.34. The highest BCUT2D eigenvalue weighted by Gasteiger charge is 2.34. The molecular formula is C38H35N5O2. The van der Waals surface area contributed by atoms with Crippen LogP contribution >= 0.6 is 0 Å². The zero-order chi connectivity index (χ0) is 31.0. The van der Waals surface area contributed by atoms with E-state index in [-0.39, 0.29) is 18.4 Å². The Morgan fingerprint density at radius 1 is 0.822 bits per heavy atom. The van der Waals surface area contributed by atoms with Crippen molar-refractivity contribution in [2.75, 3.05) is 6.54 Å². The van der Waals surface area contributed by atoms with Crippen molar-refractivity contribution in [3.63, 3.8) is 0 Å². The third-order valence-corrected chi connectivity index (χ3v) is 8.14. The largest absolute Gasteiger partial charge is 0.336 e. The van der Waals surface area contributed by atoms with Gasteiger partial charge in [-0.2, -0.15) is 0 Å². The quantitative estimate of drug-likeness (QED) is 0.194. The summed E-state index contributed by atoms with van der Waals surface area (Å²) in [6.07, 6.45) is 9.67. The van der Waals surface area contributed by atoms with E-state index in [2.05, 4.69) is 27.1 Å². The molecule has 3 heterocycles. The lowest BCUT2D eigenvalue weighted by atomic mass is 9.97. The predicted octanol–water partition coefficient (Wildman–Crippen LogP) is 6.09. The molecule has 0 spiro atoms. The van der Waals surface area contributed by atoms with Crippen LogP contribution in [0, 0.1) is 6.92 Å². The van der Waals surface area contributed by atoms with E-state index in [0.29, 0.717) is 25.3 Å². The van der Waals surface area contributed by atoms with Crippen LogP contribution in [0.4, 0.5) is 0 Å². The third-order valence-electron chi connectivity index (χ3n) is 8.14. The van der Waals surface area contributed by atoms with Gasteiger partial charge >= 0.3 is 0 Å². The minimum Gasteiger partial charge on any atom is -0.336 e. The number of pyridine rings is 1. The first-order valence-corrected chi connectivity index (χ1v) is 15.2. The van der Waals surface area contributed by atoms with Gasteiger partial charge in [0.1, 0.15) is 6.04 Å². The number of carbonyl (C=O) groups is 2. The first-order chi connectivity index (χ1) is 22.0. The normalized spacial score (nSPS) is 13.3. The van der Waals surface area contributed by atoms with Crippen LogP contribution in [-0.4, -0.2) is 49.2 Å². The highest BCUT2D eigenvalue weighted by atomic mass is 16.2. The minimum atomic E-state index is -0.705. The van der Waals surface area contributed by atoms with Gasteiger partial charge < -0.3 is 9.80 Å². The SMILES string of the molecule is Cc1ccc(C=CC(=O)N(Cc2ccc(-c3ncccn3)cc2)C(Cc2ccccc2)C(=O)N2CCc3ccccc3C2)cn1. The molecule has 3 aromatic carbocycles. The Morgan fingerprint density at radius 3 is 2.29 bits per heavy atom. The Labute approximate surface area is 263 Å². The number of fused-ring (bicyclic) bond motifs is 1. The minimum absolute atomic E-state index is 0.0542. The van der Waals surface area contributed by atoms with Crippen LogP contribution in [0.1, 0.15) is 33.5 Å². The molecule has 1 aliphatic heterocycles. The van der Waals surface area contributed by atoms with E-state index in [9.17, 15) is 9.59 Å². The number of aromatic nitrogens is 3. The van der Waals surface area contributed by atoms with Crippen molar-refractivity contribution >= 4 is 17.9 Å². The smallest absolute Gasteiger partial charge is 0.247 e. The van der Waals surface area contributed by atoms with Crippen molar-refractivity contribution in [3.05, 3.63) is 155 Å². The van der Waals surface area contributed by atoms with E-state index in [1.54, 1.807) is 41.7 Å². The van der Waals surface area contributed by atoms with Crippen LogP contribution in [0.3, 0.4) is 0 Å². The molecule has 45 heavy (non-hydrogen) atoms. The Morgan fingerprint density at radius 2 is 1.56 bits per heavy atom. The molecule has 0 bridgehead atoms. The summed E-state index contributed by atoms with van der Waals surface area (Å²) in [5.74, 6) is 0.341. The Kier molecular flexibility index (Phi) is 9.16. The van der Waals surface area contributed by atoms with E-state index in [1.165, 1.54) is 5.56 Å². The van der Waals surface area contributed by atoms with Crippen LogP contribution in [0.5, 0.6) is 0 Å². The topological polar surface area (TPSA) is 79.3 Å². The van der Waals surface area contributed by atoms with Crippen LogP contribution in [0.15, 0.2) is 122 Å². The summed E-state index contributed by atoms with van der Waals surface area (Å²) < 4.78 is 0. The lowest BCUT2D eigenvalue weighted by Gasteiger charge is -2.37. The second-order valence-corrected chi connectivity index (χ2v) is 11.3. The molecule has 0 saturated heterocycles. The molecule has 6 rings (SSSR count).